The van der Waals surface area contributed by atoms with Crippen LogP contribution in [-0.4, -0.2) is 30.9 Å². The molecule has 0 aliphatic heterocycles. The minimum Gasteiger partial charge on any atom is -0.734 e. The van der Waals surface area contributed by atoms with Gasteiger partial charge in [-0.15, -0.1) is 4.83 Å². The number of hydrazine groups is 1. The van der Waals surface area contributed by atoms with Crippen LogP contribution in [0.1, 0.15) is 0 Å². The van der Waals surface area contributed by atoms with E-state index in [0.717, 1.165) is 29.1 Å². The summed E-state index contributed by atoms with van der Waals surface area (Å²) in [5.74, 6) is 0. The van der Waals surface area contributed by atoms with Crippen LogP contribution in [0.4, 0.5) is 11.4 Å². The van der Waals surface area contributed by atoms with E-state index < -0.39 is 41.3 Å². The molecule has 106 valence electrons. The predicted octanol–water partition coefficient (Wildman–Crippen LogP) is -7.17. The van der Waals surface area contributed by atoms with Gasteiger partial charge in [-0.05, 0) is 12.1 Å². The predicted molar refractivity (Wildman–Crippen MR) is 58.1 cm³/mol. The van der Waals surface area contributed by atoms with Gasteiger partial charge in [0.25, 0.3) is 5.69 Å². The van der Waals surface area contributed by atoms with Gasteiger partial charge < -0.3 is 9.11 Å². The van der Waals surface area contributed by atoms with Crippen LogP contribution in [0.15, 0.2) is 24.3 Å². The third kappa shape index (κ3) is 8.77. The molecule has 1 aromatic rings. The van der Waals surface area contributed by atoms with Crippen molar-refractivity contribution < 1.29 is 134 Å². The number of nitro groups is 1. The molecule has 0 heterocycles. The summed E-state index contributed by atoms with van der Waals surface area (Å²) in [6.07, 6.45) is 0. The average molecular weight is 389 g/mol. The summed E-state index contributed by atoms with van der Waals surface area (Å²) in [5, 5.41) is 10.4. The van der Waals surface area contributed by atoms with Crippen molar-refractivity contribution in [3.63, 3.8) is 0 Å². The molecule has 0 aliphatic rings. The summed E-state index contributed by atoms with van der Waals surface area (Å²) >= 11 is 0. The Morgan fingerprint density at radius 1 is 1.00 bits per heavy atom. The van der Waals surface area contributed by atoms with E-state index in [0.29, 0.717) is 0 Å². The summed E-state index contributed by atoms with van der Waals surface area (Å²) in [4.78, 5) is 10.5. The molecule has 0 amide bonds. The molecule has 0 saturated carbocycles. The molecule has 21 heavy (non-hydrogen) atoms. The minimum atomic E-state index is -5.36. The second-order valence-corrected chi connectivity index (χ2v) is 5.35. The number of non-ortho nitro benzene ring substituents is 1. The average Bonchev–Trinajstić information content (AvgIpc) is 2.23. The van der Waals surface area contributed by atoms with Crippen LogP contribution in [0.3, 0.4) is 0 Å². The van der Waals surface area contributed by atoms with Crippen LogP contribution >= 0.6 is 0 Å². The second-order valence-electron chi connectivity index (χ2n) is 3.04. The van der Waals surface area contributed by atoms with Crippen molar-refractivity contribution in [2.45, 2.75) is 0 Å². The Bertz CT molecular complexity index is 689. The van der Waals surface area contributed by atoms with Crippen molar-refractivity contribution in [2.24, 2.45) is 0 Å². The Labute approximate surface area is 205 Å². The molecule has 15 heteroatoms. The molecule has 0 aliphatic carbocycles. The molecule has 11 nitrogen and oxygen atoms in total. The Hall–Kier alpha value is 1.47. The number of rotatable bonds is 5. The fourth-order valence-electron chi connectivity index (χ4n) is 1.04. The first kappa shape index (κ1) is 24.7. The van der Waals surface area contributed by atoms with Crippen molar-refractivity contribution in [1.29, 1.82) is 0 Å². The third-order valence-electron chi connectivity index (χ3n) is 1.71. The van der Waals surface area contributed by atoms with E-state index in [1.807, 2.05) is 0 Å². The van der Waals surface area contributed by atoms with E-state index >= 15 is 0 Å². The topological polar surface area (TPSA) is 173 Å². The quantitative estimate of drug-likeness (QED) is 0.224. The van der Waals surface area contributed by atoms with E-state index in [4.69, 9.17) is 0 Å². The number of hydrogen-bond donors (Lipinski definition) is 1. The second kappa shape index (κ2) is 9.69. The normalized spacial score (nSPS) is 11.0. The summed E-state index contributed by atoms with van der Waals surface area (Å²) in [6.45, 7) is 0. The molecule has 0 saturated heterocycles. The number of nitro benzene ring substituents is 1. The Morgan fingerprint density at radius 2 is 1.43 bits per heavy atom. The van der Waals surface area contributed by atoms with Gasteiger partial charge in [0.15, 0.2) is 20.6 Å². The number of hydrogen-bond acceptors (Lipinski definition) is 8. The summed E-state index contributed by atoms with van der Waals surface area (Å²) in [5.41, 5.74) is -0.989. The number of benzene rings is 1. The molecular formula is C6H5K2N3O8S2. The van der Waals surface area contributed by atoms with Crippen molar-refractivity contribution in [3.8, 4) is 0 Å². The molecule has 0 atom stereocenters. The maximum atomic E-state index is 10.8. The number of nitrogens with zero attached hydrogens (tertiary/aromatic N) is 2. The van der Waals surface area contributed by atoms with E-state index in [9.17, 15) is 36.1 Å². The summed E-state index contributed by atoms with van der Waals surface area (Å²) in [7, 11) is -10.6. The Kier molecular flexibility index (Phi) is 11.4. The fourth-order valence-corrected chi connectivity index (χ4v) is 2.37. The van der Waals surface area contributed by atoms with Gasteiger partial charge in [-0.25, -0.2) is 16.8 Å². The van der Waals surface area contributed by atoms with Crippen molar-refractivity contribution in [3.05, 3.63) is 34.4 Å². The smallest absolute Gasteiger partial charge is 0.734 e. The zero-order chi connectivity index (χ0) is 14.8. The van der Waals surface area contributed by atoms with E-state index in [2.05, 4.69) is 0 Å². The molecule has 0 aromatic heterocycles. The molecule has 1 aromatic carbocycles. The molecular weight excluding hydrogens is 384 g/mol. The van der Waals surface area contributed by atoms with Crippen LogP contribution < -0.4 is 112 Å². The summed E-state index contributed by atoms with van der Waals surface area (Å²) < 4.78 is 63.2. The zero-order valence-electron chi connectivity index (χ0n) is 10.8. The van der Waals surface area contributed by atoms with E-state index in [1.54, 1.807) is 0 Å². The van der Waals surface area contributed by atoms with Gasteiger partial charge in [-0.2, -0.15) is 4.41 Å². The first-order valence-electron chi connectivity index (χ1n) is 4.24. The largest absolute Gasteiger partial charge is 1.00 e. The summed E-state index contributed by atoms with van der Waals surface area (Å²) in [6, 6.07) is 3.22. The monoisotopic (exact) mass is 389 g/mol. The van der Waals surface area contributed by atoms with Crippen LogP contribution in [0.5, 0.6) is 0 Å². The third-order valence-corrected chi connectivity index (χ3v) is 2.98. The van der Waals surface area contributed by atoms with Crippen molar-refractivity contribution in [2.75, 3.05) is 4.41 Å². The van der Waals surface area contributed by atoms with Crippen LogP contribution in [-0.2, 0) is 20.6 Å². The zero-order valence-corrected chi connectivity index (χ0v) is 18.7. The SMILES string of the molecule is O=[N+]([O-])c1ccc(N(NS(=O)(=O)[O-])S(=O)(=O)[O-])cc1.[K+].[K+]. The molecule has 1 rings (SSSR count). The standard InChI is InChI=1S/C6H7N3O8S2.2K/c10-9(11)6-3-1-5(2-4-6)8(19(15,16)17)7-18(12,13)14;;/h1-4,7H,(H,12,13,14)(H,15,16,17);;/q;2*+1/p-2. The number of anilines is 1. The van der Waals surface area contributed by atoms with Gasteiger partial charge in [-0.3, -0.25) is 10.1 Å². The van der Waals surface area contributed by atoms with Gasteiger partial charge >= 0.3 is 103 Å². The van der Waals surface area contributed by atoms with Crippen LogP contribution in [0, 0.1) is 10.1 Å². The Balaban J connectivity index is 0. The van der Waals surface area contributed by atoms with Gasteiger partial charge in [-0.1, -0.05) is 0 Å². The molecule has 1 N–H and O–H groups in total. The maximum Gasteiger partial charge on any atom is 1.00 e. The Morgan fingerprint density at radius 3 is 1.71 bits per heavy atom. The van der Waals surface area contributed by atoms with Crippen molar-refractivity contribution in [1.82, 2.24) is 4.83 Å². The van der Waals surface area contributed by atoms with Crippen molar-refractivity contribution >= 4 is 32.0 Å². The fraction of sp³-hybridized carbons (Fsp3) is 0. The van der Waals surface area contributed by atoms with Gasteiger partial charge in [0.2, 0.25) is 0 Å². The molecule has 0 radical (unpaired) electrons. The van der Waals surface area contributed by atoms with Gasteiger partial charge in [0, 0.05) is 12.1 Å². The molecule has 0 fully saturated rings. The molecule has 0 bridgehead atoms. The first-order valence-corrected chi connectivity index (χ1v) is 7.02. The number of nitrogens with one attached hydrogen (secondary N) is 1. The van der Waals surface area contributed by atoms with Gasteiger partial charge in [0.05, 0.1) is 10.6 Å². The van der Waals surface area contributed by atoms with Gasteiger partial charge in [0.1, 0.15) is 0 Å². The van der Waals surface area contributed by atoms with Crippen LogP contribution in [0.2, 0.25) is 0 Å². The first-order chi connectivity index (χ1) is 8.50. The molecule has 0 spiro atoms. The van der Waals surface area contributed by atoms with Crippen LogP contribution in [0.25, 0.3) is 0 Å². The molecule has 0 unspecified atom stereocenters. The minimum absolute atomic E-state index is 0. The maximum absolute atomic E-state index is 10.8. The van der Waals surface area contributed by atoms with E-state index in [-0.39, 0.29) is 103 Å². The van der Waals surface area contributed by atoms with E-state index in [1.165, 1.54) is 0 Å².